The van der Waals surface area contributed by atoms with Crippen LogP contribution in [0.2, 0.25) is 0 Å². The number of carbonyl (C=O) groups is 2. The molecule has 0 aromatic rings. The average molecular weight is 262 g/mol. The molecule has 0 aromatic heterocycles. The molecule has 0 heterocycles. The van der Waals surface area contributed by atoms with Gasteiger partial charge >= 0.3 is 0 Å². The van der Waals surface area contributed by atoms with E-state index in [1.807, 2.05) is 0 Å². The van der Waals surface area contributed by atoms with Gasteiger partial charge in [0.25, 0.3) is 0 Å². The molecule has 7 heteroatoms. The lowest BCUT2D eigenvalue weighted by Crippen LogP contribution is -2.25. The van der Waals surface area contributed by atoms with Gasteiger partial charge in [-0.1, -0.05) is 0 Å². The Morgan fingerprint density at radius 1 is 0.944 bits per heavy atom. The van der Waals surface area contributed by atoms with Gasteiger partial charge in [0, 0.05) is 19.9 Å². The van der Waals surface area contributed by atoms with Crippen molar-refractivity contribution in [1.29, 1.82) is 0 Å². The fourth-order valence-electron chi connectivity index (χ4n) is 1.01. The van der Waals surface area contributed by atoms with Crippen LogP contribution in [0.3, 0.4) is 0 Å². The van der Waals surface area contributed by atoms with Gasteiger partial charge < -0.3 is 25.3 Å². The smallest absolute Gasteiger partial charge is 0.219 e. The van der Waals surface area contributed by atoms with Crippen molar-refractivity contribution >= 4 is 11.8 Å². The van der Waals surface area contributed by atoms with E-state index in [4.69, 9.17) is 19.9 Å². The lowest BCUT2D eigenvalue weighted by molar-refractivity contribution is -0.120. The highest BCUT2D eigenvalue weighted by Gasteiger charge is 1.95. The highest BCUT2D eigenvalue weighted by molar-refractivity contribution is 5.73. The molecule has 2 amide bonds. The van der Waals surface area contributed by atoms with E-state index in [0.717, 1.165) is 0 Å². The standard InChI is InChI=1S/C11H22N2O5/c1-10(14)13-3-5-17-7-9-18-8-6-16-4-2-11(12)15/h2-9H2,1H3,(H2,12,15)(H,13,14). The molecule has 18 heavy (non-hydrogen) atoms. The van der Waals surface area contributed by atoms with Crippen LogP contribution >= 0.6 is 0 Å². The number of carbonyl (C=O) groups excluding carboxylic acids is 2. The number of rotatable bonds is 12. The van der Waals surface area contributed by atoms with Crippen molar-refractivity contribution in [1.82, 2.24) is 5.32 Å². The molecule has 0 saturated carbocycles. The minimum atomic E-state index is -0.372. The Labute approximate surface area is 107 Å². The first-order chi connectivity index (χ1) is 8.63. The van der Waals surface area contributed by atoms with E-state index in [1.165, 1.54) is 6.92 Å². The predicted octanol–water partition coefficient (Wildman–Crippen LogP) is -0.952. The molecule has 7 nitrogen and oxygen atoms in total. The first kappa shape index (κ1) is 16.8. The molecule has 0 aliphatic rings. The van der Waals surface area contributed by atoms with Crippen molar-refractivity contribution in [2.45, 2.75) is 13.3 Å². The normalized spacial score (nSPS) is 10.3. The van der Waals surface area contributed by atoms with Gasteiger partial charge in [0.05, 0.1) is 39.6 Å². The average Bonchev–Trinajstić information content (AvgIpc) is 2.29. The topological polar surface area (TPSA) is 99.9 Å². The third kappa shape index (κ3) is 14.8. The second kappa shape index (κ2) is 12.3. The van der Waals surface area contributed by atoms with Crippen molar-refractivity contribution in [2.75, 3.05) is 46.2 Å². The molecule has 0 atom stereocenters. The van der Waals surface area contributed by atoms with Crippen molar-refractivity contribution < 1.29 is 23.8 Å². The van der Waals surface area contributed by atoms with E-state index in [2.05, 4.69) is 5.32 Å². The molecule has 0 radical (unpaired) electrons. The Balaban J connectivity index is 2.99. The third-order valence-corrected chi connectivity index (χ3v) is 1.86. The Hall–Kier alpha value is -1.18. The molecule has 0 rings (SSSR count). The molecule has 0 aromatic carbocycles. The lowest BCUT2D eigenvalue weighted by atomic mass is 10.4. The van der Waals surface area contributed by atoms with Gasteiger partial charge in [-0.2, -0.15) is 0 Å². The van der Waals surface area contributed by atoms with Gasteiger partial charge in [-0.25, -0.2) is 0 Å². The fraction of sp³-hybridized carbons (Fsp3) is 0.818. The number of hydrogen-bond acceptors (Lipinski definition) is 5. The minimum Gasteiger partial charge on any atom is -0.379 e. The van der Waals surface area contributed by atoms with Crippen molar-refractivity contribution in [3.63, 3.8) is 0 Å². The first-order valence-electron chi connectivity index (χ1n) is 5.89. The Kier molecular flexibility index (Phi) is 11.5. The maximum atomic E-state index is 10.5. The summed E-state index contributed by atoms with van der Waals surface area (Å²) >= 11 is 0. The summed E-state index contributed by atoms with van der Waals surface area (Å²) in [4.78, 5) is 20.9. The Morgan fingerprint density at radius 2 is 1.44 bits per heavy atom. The maximum Gasteiger partial charge on any atom is 0.219 e. The summed E-state index contributed by atoms with van der Waals surface area (Å²) in [6.07, 6.45) is 0.228. The summed E-state index contributed by atoms with van der Waals surface area (Å²) in [5, 5.41) is 2.62. The zero-order chi connectivity index (χ0) is 13.6. The van der Waals surface area contributed by atoms with Crippen molar-refractivity contribution in [3.8, 4) is 0 Å². The number of nitrogens with one attached hydrogen (secondary N) is 1. The molecule has 0 unspecified atom stereocenters. The second-order valence-corrected chi connectivity index (χ2v) is 3.54. The van der Waals surface area contributed by atoms with Crippen LogP contribution in [0.1, 0.15) is 13.3 Å². The number of nitrogens with two attached hydrogens (primary N) is 1. The van der Waals surface area contributed by atoms with Crippen LogP contribution in [0.15, 0.2) is 0 Å². The molecule has 0 bridgehead atoms. The minimum absolute atomic E-state index is 0.0667. The monoisotopic (exact) mass is 262 g/mol. The van der Waals surface area contributed by atoms with Crippen LogP contribution in [-0.4, -0.2) is 58.0 Å². The lowest BCUT2D eigenvalue weighted by Gasteiger charge is -2.06. The number of primary amides is 1. The van der Waals surface area contributed by atoms with Crippen LogP contribution < -0.4 is 11.1 Å². The Bertz CT molecular complexity index is 211. The maximum absolute atomic E-state index is 10.5. The number of ether oxygens (including phenoxy) is 3. The quantitative estimate of drug-likeness (QED) is 0.442. The van der Waals surface area contributed by atoms with E-state index in [9.17, 15) is 9.59 Å². The van der Waals surface area contributed by atoms with Crippen LogP contribution in [0, 0.1) is 0 Å². The van der Waals surface area contributed by atoms with Crippen molar-refractivity contribution in [3.05, 3.63) is 0 Å². The molecule has 0 aliphatic heterocycles. The predicted molar refractivity (Wildman–Crippen MR) is 65.0 cm³/mol. The van der Waals surface area contributed by atoms with Gasteiger partial charge in [-0.15, -0.1) is 0 Å². The van der Waals surface area contributed by atoms with E-state index < -0.39 is 0 Å². The number of hydrogen-bond donors (Lipinski definition) is 2. The van der Waals surface area contributed by atoms with Gasteiger partial charge in [-0.3, -0.25) is 9.59 Å². The van der Waals surface area contributed by atoms with E-state index in [-0.39, 0.29) is 18.2 Å². The van der Waals surface area contributed by atoms with E-state index in [0.29, 0.717) is 46.2 Å². The second-order valence-electron chi connectivity index (χ2n) is 3.54. The Morgan fingerprint density at radius 3 is 1.94 bits per heavy atom. The molecule has 0 saturated heterocycles. The van der Waals surface area contributed by atoms with Crippen LogP contribution in [-0.2, 0) is 23.8 Å². The van der Waals surface area contributed by atoms with Gasteiger partial charge in [0.2, 0.25) is 11.8 Å². The van der Waals surface area contributed by atoms with Gasteiger partial charge in [0.1, 0.15) is 0 Å². The highest BCUT2D eigenvalue weighted by atomic mass is 16.5. The highest BCUT2D eigenvalue weighted by Crippen LogP contribution is 1.83. The molecule has 0 fully saturated rings. The van der Waals surface area contributed by atoms with Crippen molar-refractivity contribution in [2.24, 2.45) is 5.73 Å². The van der Waals surface area contributed by atoms with E-state index in [1.54, 1.807) is 0 Å². The first-order valence-corrected chi connectivity index (χ1v) is 5.89. The zero-order valence-corrected chi connectivity index (χ0v) is 10.8. The largest absolute Gasteiger partial charge is 0.379 e. The third-order valence-electron chi connectivity index (χ3n) is 1.86. The van der Waals surface area contributed by atoms with Gasteiger partial charge in [0.15, 0.2) is 0 Å². The van der Waals surface area contributed by atoms with Gasteiger partial charge in [-0.05, 0) is 0 Å². The summed E-state index contributed by atoms with van der Waals surface area (Å²) < 4.78 is 15.5. The molecular formula is C11H22N2O5. The van der Waals surface area contributed by atoms with Crippen LogP contribution in [0.4, 0.5) is 0 Å². The molecule has 0 aliphatic carbocycles. The molecule has 0 spiro atoms. The summed E-state index contributed by atoms with van der Waals surface area (Å²) in [6, 6.07) is 0. The van der Waals surface area contributed by atoms with Crippen LogP contribution in [0.5, 0.6) is 0 Å². The molecular weight excluding hydrogens is 240 g/mol. The van der Waals surface area contributed by atoms with Crippen LogP contribution in [0.25, 0.3) is 0 Å². The fourth-order valence-corrected chi connectivity index (χ4v) is 1.01. The summed E-state index contributed by atoms with van der Waals surface area (Å²) in [7, 11) is 0. The number of amides is 2. The van der Waals surface area contributed by atoms with E-state index >= 15 is 0 Å². The zero-order valence-electron chi connectivity index (χ0n) is 10.8. The summed E-state index contributed by atoms with van der Waals surface area (Å²) in [5.74, 6) is -0.438. The summed E-state index contributed by atoms with van der Waals surface area (Å²) in [5.41, 5.74) is 4.94. The molecule has 106 valence electrons. The summed E-state index contributed by atoms with van der Waals surface area (Å²) in [6.45, 7) is 4.59. The molecule has 3 N–H and O–H groups in total. The SMILES string of the molecule is CC(=O)NCCOCCOCCOCCC(N)=O.